The van der Waals surface area contributed by atoms with E-state index in [0.29, 0.717) is 15.7 Å². The van der Waals surface area contributed by atoms with Gasteiger partial charge in [-0.25, -0.2) is 0 Å². The van der Waals surface area contributed by atoms with Crippen molar-refractivity contribution in [3.8, 4) is 0 Å². The summed E-state index contributed by atoms with van der Waals surface area (Å²) in [6.07, 6.45) is 3.34. The van der Waals surface area contributed by atoms with E-state index in [4.69, 9.17) is 28.9 Å². The van der Waals surface area contributed by atoms with Crippen LogP contribution >= 0.6 is 23.2 Å². The van der Waals surface area contributed by atoms with Crippen LogP contribution in [-0.2, 0) is 4.79 Å². The maximum Gasteiger partial charge on any atom is 0.221 e. The summed E-state index contributed by atoms with van der Waals surface area (Å²) in [4.78, 5) is 19.2. The van der Waals surface area contributed by atoms with Gasteiger partial charge in [0, 0.05) is 41.5 Å². The van der Waals surface area contributed by atoms with Crippen molar-refractivity contribution in [2.45, 2.75) is 6.92 Å². The van der Waals surface area contributed by atoms with Crippen LogP contribution in [0.1, 0.15) is 6.92 Å². The maximum atomic E-state index is 10.9. The Bertz CT molecular complexity index is 1130. The monoisotopic (exact) mass is 398 g/mol. The van der Waals surface area contributed by atoms with E-state index in [2.05, 4.69) is 15.3 Å². The highest BCUT2D eigenvalue weighted by molar-refractivity contribution is 6.35. The highest BCUT2D eigenvalue weighted by Gasteiger charge is 2.02. The summed E-state index contributed by atoms with van der Waals surface area (Å²) in [5.74, 6) is -0.102. The summed E-state index contributed by atoms with van der Waals surface area (Å²) < 4.78 is 0. The number of hydrogen-bond acceptors (Lipinski definition) is 4. The number of benzene rings is 2. The van der Waals surface area contributed by atoms with Crippen LogP contribution in [0.3, 0.4) is 0 Å². The smallest absolute Gasteiger partial charge is 0.221 e. The molecule has 0 radical (unpaired) electrons. The molecule has 3 N–H and O–H groups in total. The van der Waals surface area contributed by atoms with Gasteiger partial charge < -0.3 is 11.1 Å². The van der Waals surface area contributed by atoms with Gasteiger partial charge in [0.1, 0.15) is 0 Å². The van der Waals surface area contributed by atoms with E-state index in [0.717, 1.165) is 27.5 Å². The molecule has 0 aliphatic rings. The second-order valence-corrected chi connectivity index (χ2v) is 6.59. The first-order valence-electron chi connectivity index (χ1n) is 8.05. The van der Waals surface area contributed by atoms with Gasteiger partial charge in [-0.15, -0.1) is 0 Å². The molecule has 2 aromatic carbocycles. The van der Waals surface area contributed by atoms with Crippen LogP contribution < -0.4 is 11.1 Å². The number of nitrogen functional groups attached to an aromatic ring is 1. The summed E-state index contributed by atoms with van der Waals surface area (Å²) in [6.45, 7) is 1.47. The van der Waals surface area contributed by atoms with Crippen LogP contribution in [0.2, 0.25) is 10.0 Å². The Morgan fingerprint density at radius 3 is 2.04 bits per heavy atom. The molecule has 0 saturated carbocycles. The quantitative estimate of drug-likeness (QED) is 0.425. The normalized spacial score (nSPS) is 10.3. The molecule has 0 bridgehead atoms. The van der Waals surface area contributed by atoms with Crippen LogP contribution in [0.5, 0.6) is 0 Å². The van der Waals surface area contributed by atoms with Crippen molar-refractivity contribution in [3.05, 3.63) is 71.0 Å². The summed E-state index contributed by atoms with van der Waals surface area (Å²) >= 11 is 11.9. The molecule has 4 rings (SSSR count). The summed E-state index contributed by atoms with van der Waals surface area (Å²) in [7, 11) is 0. The van der Waals surface area contributed by atoms with Gasteiger partial charge in [-0.1, -0.05) is 23.2 Å². The molecule has 0 atom stereocenters. The van der Waals surface area contributed by atoms with Crippen LogP contribution in [0.25, 0.3) is 21.8 Å². The molecule has 5 nitrogen and oxygen atoms in total. The molecule has 0 aliphatic heterocycles. The highest BCUT2D eigenvalue weighted by atomic mass is 35.5. The van der Waals surface area contributed by atoms with Crippen molar-refractivity contribution >= 4 is 62.3 Å². The minimum absolute atomic E-state index is 0.102. The Morgan fingerprint density at radius 2 is 1.44 bits per heavy atom. The van der Waals surface area contributed by atoms with Crippen molar-refractivity contribution in [2.24, 2.45) is 0 Å². The van der Waals surface area contributed by atoms with Gasteiger partial charge >= 0.3 is 0 Å². The Hall–Kier alpha value is -2.89. The van der Waals surface area contributed by atoms with Crippen molar-refractivity contribution in [1.82, 2.24) is 9.97 Å². The number of anilines is 2. The third-order valence-corrected chi connectivity index (χ3v) is 4.38. The second kappa shape index (κ2) is 8.20. The minimum atomic E-state index is -0.102. The van der Waals surface area contributed by atoms with Crippen molar-refractivity contribution in [1.29, 1.82) is 0 Å². The topological polar surface area (TPSA) is 80.9 Å². The molecule has 4 aromatic rings. The molecule has 7 heteroatoms. The number of nitrogens with two attached hydrogens (primary N) is 1. The van der Waals surface area contributed by atoms with E-state index in [9.17, 15) is 4.79 Å². The fraction of sp³-hybridized carbons (Fsp3) is 0.0500. The third-order valence-electron chi connectivity index (χ3n) is 3.72. The van der Waals surface area contributed by atoms with Gasteiger partial charge in [0.05, 0.1) is 21.1 Å². The SMILES string of the molecule is CC(=O)Nc1ccc2nccc(Cl)c2c1.Nc1ccc2nccc(Cl)c2c1. The lowest BCUT2D eigenvalue weighted by atomic mass is 10.2. The average molecular weight is 399 g/mol. The number of fused-ring (bicyclic) bond motifs is 2. The van der Waals surface area contributed by atoms with Gasteiger partial charge in [-0.05, 0) is 48.5 Å². The maximum absolute atomic E-state index is 10.9. The molecule has 1 amide bonds. The zero-order valence-electron chi connectivity index (χ0n) is 14.4. The minimum Gasteiger partial charge on any atom is -0.399 e. The second-order valence-electron chi connectivity index (χ2n) is 5.78. The number of pyridine rings is 2. The van der Waals surface area contributed by atoms with Gasteiger partial charge in [-0.3, -0.25) is 14.8 Å². The lowest BCUT2D eigenvalue weighted by molar-refractivity contribution is -0.114. The van der Waals surface area contributed by atoms with E-state index < -0.39 is 0 Å². The molecule has 27 heavy (non-hydrogen) atoms. The number of halogens is 2. The van der Waals surface area contributed by atoms with Gasteiger partial charge in [0.15, 0.2) is 0 Å². The molecule has 0 unspecified atom stereocenters. The zero-order valence-corrected chi connectivity index (χ0v) is 15.9. The zero-order chi connectivity index (χ0) is 19.4. The van der Waals surface area contributed by atoms with Crippen LogP contribution in [0.15, 0.2) is 60.9 Å². The number of carbonyl (C=O) groups is 1. The van der Waals surface area contributed by atoms with Gasteiger partial charge in [-0.2, -0.15) is 0 Å². The predicted molar refractivity (Wildman–Crippen MR) is 112 cm³/mol. The molecule has 0 fully saturated rings. The van der Waals surface area contributed by atoms with Crippen LogP contribution in [-0.4, -0.2) is 15.9 Å². The van der Waals surface area contributed by atoms with Crippen molar-refractivity contribution in [3.63, 3.8) is 0 Å². The first-order chi connectivity index (χ1) is 12.9. The number of aromatic nitrogens is 2. The number of amides is 1. The summed E-state index contributed by atoms with van der Waals surface area (Å²) in [6, 6.07) is 14.4. The average Bonchev–Trinajstić information content (AvgIpc) is 2.63. The molecule has 136 valence electrons. The number of nitrogens with zero attached hydrogens (tertiary/aromatic N) is 2. The summed E-state index contributed by atoms with van der Waals surface area (Å²) in [5.41, 5.74) is 8.73. The third kappa shape index (κ3) is 4.64. The molecular formula is C20H16Cl2N4O. The van der Waals surface area contributed by atoms with Gasteiger partial charge in [0.2, 0.25) is 5.91 Å². The van der Waals surface area contributed by atoms with Crippen molar-refractivity contribution < 1.29 is 4.79 Å². The number of hydrogen-bond donors (Lipinski definition) is 2. The highest BCUT2D eigenvalue weighted by Crippen LogP contribution is 2.24. The van der Waals surface area contributed by atoms with Crippen LogP contribution in [0, 0.1) is 0 Å². The van der Waals surface area contributed by atoms with E-state index in [1.54, 1.807) is 30.6 Å². The van der Waals surface area contributed by atoms with Gasteiger partial charge in [0.25, 0.3) is 0 Å². The molecular weight excluding hydrogens is 383 g/mol. The van der Waals surface area contributed by atoms with Crippen molar-refractivity contribution in [2.75, 3.05) is 11.1 Å². The Labute approximate surface area is 166 Å². The predicted octanol–water partition coefficient (Wildman–Crippen LogP) is 5.32. The Balaban J connectivity index is 0.000000159. The molecule has 0 saturated heterocycles. The number of nitrogens with one attached hydrogen (secondary N) is 1. The largest absolute Gasteiger partial charge is 0.399 e. The fourth-order valence-corrected chi connectivity index (χ4v) is 2.94. The van der Waals surface area contributed by atoms with Crippen LogP contribution in [0.4, 0.5) is 11.4 Å². The Kier molecular flexibility index (Phi) is 5.74. The van der Waals surface area contributed by atoms with E-state index >= 15 is 0 Å². The van der Waals surface area contributed by atoms with E-state index in [1.165, 1.54) is 6.92 Å². The Morgan fingerprint density at radius 1 is 0.889 bits per heavy atom. The lowest BCUT2D eigenvalue weighted by Crippen LogP contribution is -2.05. The molecule has 0 aliphatic carbocycles. The summed E-state index contributed by atoms with van der Waals surface area (Å²) in [5, 5.41) is 5.76. The molecule has 2 heterocycles. The lowest BCUT2D eigenvalue weighted by Gasteiger charge is -2.04. The number of carbonyl (C=O) groups excluding carboxylic acids is 1. The first kappa shape index (κ1) is 18.9. The molecule has 2 aromatic heterocycles. The van der Waals surface area contributed by atoms with E-state index in [1.807, 2.05) is 30.3 Å². The fourth-order valence-electron chi connectivity index (χ4n) is 2.52. The molecule has 0 spiro atoms. The first-order valence-corrected chi connectivity index (χ1v) is 8.81. The number of rotatable bonds is 1. The van der Waals surface area contributed by atoms with E-state index in [-0.39, 0.29) is 5.91 Å². The standard InChI is InChI=1S/C11H9ClN2O.C9H7ClN2/c1-7(15)14-8-2-3-11-9(6-8)10(12)4-5-13-11;10-8-3-4-12-9-2-1-6(11)5-7(8)9/h2-6H,1H3,(H,14,15);1-5H,11H2.